The smallest absolute Gasteiger partial charge is 0.298 e. The molecule has 0 heterocycles. The van der Waals surface area contributed by atoms with Crippen molar-refractivity contribution in [1.29, 1.82) is 5.26 Å². The van der Waals surface area contributed by atoms with E-state index >= 15 is 0 Å². The first-order valence-corrected chi connectivity index (χ1v) is 7.41. The van der Waals surface area contributed by atoms with Gasteiger partial charge in [-0.25, -0.2) is 0 Å². The highest BCUT2D eigenvalue weighted by molar-refractivity contribution is 8.45. The lowest BCUT2D eigenvalue weighted by molar-refractivity contribution is -0.118. The Balaban J connectivity index is 3.51. The molecule has 1 rings (SSSR count). The molecule has 0 saturated carbocycles. The molecule has 21 heavy (non-hydrogen) atoms. The molecule has 1 unspecified atom stereocenters. The van der Waals surface area contributed by atoms with E-state index in [0.29, 0.717) is 6.07 Å². The molecule has 0 radical (unpaired) electrons. The average molecular weight is 327 g/mol. The number of carbonyl (C=O) groups excluding carboxylic acids is 2. The van der Waals surface area contributed by atoms with Gasteiger partial charge in [-0.05, 0) is 25.5 Å². The Morgan fingerprint density at radius 2 is 1.71 bits per heavy atom. The van der Waals surface area contributed by atoms with Crippen LogP contribution in [0.1, 0.15) is 22.8 Å². The van der Waals surface area contributed by atoms with Crippen LogP contribution in [0.25, 0.3) is 0 Å². The number of carbonyl (C=O) groups is 2. The Morgan fingerprint density at radius 3 is 2.10 bits per heavy atom. The van der Waals surface area contributed by atoms with Gasteiger partial charge >= 0.3 is 10.2 Å². The van der Waals surface area contributed by atoms with Gasteiger partial charge in [0.2, 0.25) is 0 Å². The van der Waals surface area contributed by atoms with Gasteiger partial charge in [0.15, 0.2) is 17.5 Å². The second kappa shape index (κ2) is 4.27. The standard InChI is InChI=1S/C12H10F5NO2S/c1-7-3-4-9(12(20)10(6-18)8(2)19)5-11(7)21(13,14,15,16)17/h3-5,10H,1-2H3. The van der Waals surface area contributed by atoms with Gasteiger partial charge in [-0.3, -0.25) is 9.59 Å². The Kier molecular flexibility index (Phi) is 3.48. The van der Waals surface area contributed by atoms with Gasteiger partial charge in [-0.1, -0.05) is 31.6 Å². The highest BCUT2D eigenvalue weighted by Gasteiger charge is 2.66. The van der Waals surface area contributed by atoms with Crippen LogP contribution in [0.5, 0.6) is 0 Å². The minimum atomic E-state index is -9.96. The zero-order chi connectivity index (χ0) is 16.7. The predicted octanol–water partition coefficient (Wildman–Crippen LogP) is 4.56. The van der Waals surface area contributed by atoms with Crippen molar-refractivity contribution in [2.75, 3.05) is 0 Å². The quantitative estimate of drug-likeness (QED) is 0.462. The lowest BCUT2D eigenvalue weighted by Gasteiger charge is -2.41. The van der Waals surface area contributed by atoms with Crippen molar-refractivity contribution in [3.8, 4) is 6.07 Å². The summed E-state index contributed by atoms with van der Waals surface area (Å²) in [4.78, 5) is 20.6. The van der Waals surface area contributed by atoms with E-state index in [-0.39, 0.29) is 6.07 Å². The van der Waals surface area contributed by atoms with Crippen molar-refractivity contribution in [3.63, 3.8) is 0 Å². The van der Waals surface area contributed by atoms with Crippen LogP contribution in [0.4, 0.5) is 19.4 Å². The zero-order valence-corrected chi connectivity index (χ0v) is 11.7. The summed E-state index contributed by atoms with van der Waals surface area (Å²) in [5.74, 6) is -3.94. The topological polar surface area (TPSA) is 57.9 Å². The molecule has 0 N–H and O–H groups in total. The van der Waals surface area contributed by atoms with Crippen LogP contribution in [0.15, 0.2) is 23.1 Å². The SMILES string of the molecule is CC(=O)C(C#N)C(=O)c1ccc(C)c(S(F)(F)(F)(F)F)c1. The van der Waals surface area contributed by atoms with Gasteiger partial charge in [-0.2, -0.15) is 5.26 Å². The molecule has 0 saturated heterocycles. The summed E-state index contributed by atoms with van der Waals surface area (Å²) in [6.07, 6.45) is 0. The first kappa shape index (κ1) is 17.1. The number of hydrogen-bond acceptors (Lipinski definition) is 3. The number of aryl methyl sites for hydroxylation is 1. The Morgan fingerprint density at radius 1 is 1.19 bits per heavy atom. The van der Waals surface area contributed by atoms with E-state index in [1.165, 1.54) is 6.07 Å². The number of rotatable bonds is 4. The van der Waals surface area contributed by atoms with Crippen molar-refractivity contribution in [1.82, 2.24) is 0 Å². The summed E-state index contributed by atoms with van der Waals surface area (Å²) in [5.41, 5.74) is -1.51. The van der Waals surface area contributed by atoms with E-state index in [9.17, 15) is 29.0 Å². The van der Waals surface area contributed by atoms with Crippen molar-refractivity contribution in [3.05, 3.63) is 29.3 Å². The number of hydrogen-bond donors (Lipinski definition) is 0. The molecule has 0 spiro atoms. The Hall–Kier alpha value is -1.95. The summed E-state index contributed by atoms with van der Waals surface area (Å²) >= 11 is 0. The van der Waals surface area contributed by atoms with Crippen LogP contribution in [-0.4, -0.2) is 11.6 Å². The molecule has 116 valence electrons. The Bertz CT molecular complexity index is 675. The normalized spacial score (nSPS) is 16.3. The molecular weight excluding hydrogens is 317 g/mol. The second-order valence-electron chi connectivity index (χ2n) is 4.49. The first-order valence-electron chi connectivity index (χ1n) is 5.46. The highest BCUT2D eigenvalue weighted by atomic mass is 32.5. The van der Waals surface area contributed by atoms with Crippen molar-refractivity contribution in [2.24, 2.45) is 5.92 Å². The van der Waals surface area contributed by atoms with Crippen LogP contribution in [0.2, 0.25) is 0 Å². The maximum atomic E-state index is 12.9. The second-order valence-corrected chi connectivity index (χ2v) is 6.86. The molecule has 0 aliphatic carbocycles. The molecule has 0 aliphatic rings. The summed E-state index contributed by atoms with van der Waals surface area (Å²) in [6.45, 7) is 1.74. The summed E-state index contributed by atoms with van der Waals surface area (Å²) in [6, 6.07) is 2.90. The average Bonchev–Trinajstić information content (AvgIpc) is 2.26. The van der Waals surface area contributed by atoms with Crippen LogP contribution in [0.3, 0.4) is 0 Å². The number of nitriles is 1. The number of benzene rings is 1. The van der Waals surface area contributed by atoms with Crippen LogP contribution >= 0.6 is 10.2 Å². The molecule has 1 aromatic rings. The predicted molar refractivity (Wildman–Crippen MR) is 66.7 cm³/mol. The molecule has 0 fully saturated rings. The molecule has 1 atom stereocenters. The molecule has 9 heteroatoms. The first-order chi connectivity index (χ1) is 9.17. The summed E-state index contributed by atoms with van der Waals surface area (Å²) < 4.78 is 64.3. The fourth-order valence-corrected chi connectivity index (χ4v) is 2.70. The zero-order valence-electron chi connectivity index (χ0n) is 10.9. The van der Waals surface area contributed by atoms with Crippen LogP contribution in [-0.2, 0) is 4.79 Å². The molecule has 0 aromatic heterocycles. The van der Waals surface area contributed by atoms with E-state index in [4.69, 9.17) is 5.26 Å². The maximum absolute atomic E-state index is 12.9. The third kappa shape index (κ3) is 3.78. The van der Waals surface area contributed by atoms with Gasteiger partial charge in [0.25, 0.3) is 0 Å². The fraction of sp³-hybridized carbons (Fsp3) is 0.250. The highest BCUT2D eigenvalue weighted by Crippen LogP contribution is 3.02. The van der Waals surface area contributed by atoms with Crippen molar-refractivity contribution in [2.45, 2.75) is 18.7 Å². The van der Waals surface area contributed by atoms with Gasteiger partial charge < -0.3 is 0 Å². The minimum Gasteiger partial charge on any atom is -0.298 e. The fourth-order valence-electron chi connectivity index (χ4n) is 1.67. The lowest BCUT2D eigenvalue weighted by atomic mass is 9.95. The van der Waals surface area contributed by atoms with E-state index in [0.717, 1.165) is 19.9 Å². The van der Waals surface area contributed by atoms with Crippen LogP contribution < -0.4 is 0 Å². The summed E-state index contributed by atoms with van der Waals surface area (Å²) in [5, 5.41) is 8.66. The monoisotopic (exact) mass is 327 g/mol. The van der Waals surface area contributed by atoms with Gasteiger partial charge in [-0.15, -0.1) is 0 Å². The maximum Gasteiger partial charge on any atom is 0.310 e. The Labute approximate surface area is 117 Å². The number of ketones is 2. The largest absolute Gasteiger partial charge is 0.310 e. The molecule has 1 aromatic carbocycles. The molecule has 0 aliphatic heterocycles. The molecule has 3 nitrogen and oxygen atoms in total. The van der Waals surface area contributed by atoms with Gasteiger partial charge in [0, 0.05) is 5.56 Å². The van der Waals surface area contributed by atoms with E-state index < -0.39 is 43.7 Å². The van der Waals surface area contributed by atoms with E-state index in [1.807, 2.05) is 0 Å². The van der Waals surface area contributed by atoms with Crippen molar-refractivity contribution < 1.29 is 29.0 Å². The van der Waals surface area contributed by atoms with E-state index in [1.54, 1.807) is 0 Å². The summed E-state index contributed by atoms with van der Waals surface area (Å²) in [7, 11) is -9.96. The third-order valence-corrected chi connectivity index (χ3v) is 3.96. The van der Waals surface area contributed by atoms with Gasteiger partial charge in [0.05, 0.1) is 6.07 Å². The van der Waals surface area contributed by atoms with Crippen LogP contribution in [0, 0.1) is 24.2 Å². The van der Waals surface area contributed by atoms with E-state index in [2.05, 4.69) is 0 Å². The van der Waals surface area contributed by atoms with Gasteiger partial charge in [0.1, 0.15) is 4.90 Å². The van der Waals surface area contributed by atoms with Crippen molar-refractivity contribution >= 4 is 21.8 Å². The molecule has 0 amide bonds. The number of nitrogens with zero attached hydrogens (tertiary/aromatic N) is 1. The molecular formula is C12H10F5NO2S. The number of halogens is 5. The molecule has 0 bridgehead atoms. The third-order valence-electron chi connectivity index (χ3n) is 2.69. The minimum absolute atomic E-state index is 0.00744. The number of Topliss-reactive ketones (excluding diaryl/α,β-unsaturated/α-hetero) is 2. The lowest BCUT2D eigenvalue weighted by Crippen LogP contribution is -2.21.